The number of pyridine rings is 1. The summed E-state index contributed by atoms with van der Waals surface area (Å²) in [6.45, 7) is 4.50. The summed E-state index contributed by atoms with van der Waals surface area (Å²) in [5.74, 6) is 2.72. The number of nitrogens with zero attached hydrogens (tertiary/aromatic N) is 5. The predicted octanol–water partition coefficient (Wildman–Crippen LogP) is 4.19. The van der Waals surface area contributed by atoms with Gasteiger partial charge in [-0.05, 0) is 74.0 Å². The zero-order valence-electron chi connectivity index (χ0n) is 18.6. The average Bonchev–Trinajstić information content (AvgIpc) is 3.49. The van der Waals surface area contributed by atoms with E-state index in [0.29, 0.717) is 17.9 Å². The van der Waals surface area contributed by atoms with Crippen LogP contribution in [0, 0.1) is 18.8 Å². The summed E-state index contributed by atoms with van der Waals surface area (Å²) in [4.78, 5) is 21.2. The molecule has 0 N–H and O–H groups in total. The Morgan fingerprint density at radius 1 is 1.12 bits per heavy atom. The number of carbonyl (C=O) groups excluding carboxylic acids is 1. The molecule has 3 heterocycles. The molecule has 1 amide bonds. The molecule has 166 valence electrons. The number of amides is 1. The van der Waals surface area contributed by atoms with Crippen LogP contribution in [-0.2, 0) is 6.54 Å². The lowest BCUT2D eigenvalue weighted by Gasteiger charge is -2.26. The molecule has 7 nitrogen and oxygen atoms in total. The van der Waals surface area contributed by atoms with Gasteiger partial charge in [0.25, 0.3) is 0 Å². The second-order valence-corrected chi connectivity index (χ2v) is 9.15. The van der Waals surface area contributed by atoms with Crippen molar-refractivity contribution in [2.45, 2.75) is 32.4 Å². The van der Waals surface area contributed by atoms with Crippen LogP contribution in [0.4, 0.5) is 4.79 Å². The van der Waals surface area contributed by atoms with E-state index in [2.05, 4.69) is 34.2 Å². The number of hydrogen-bond donors (Lipinski definition) is 0. The highest BCUT2D eigenvalue weighted by atomic mass is 16.5. The molecule has 1 unspecified atom stereocenters. The number of likely N-dealkylation sites (tertiary alicyclic amines) is 1. The summed E-state index contributed by atoms with van der Waals surface area (Å²) < 4.78 is 7.41. The second kappa shape index (κ2) is 8.74. The van der Waals surface area contributed by atoms with E-state index in [-0.39, 0.29) is 6.03 Å². The lowest BCUT2D eigenvalue weighted by molar-refractivity contribution is 0.192. The molecule has 2 aromatic heterocycles. The van der Waals surface area contributed by atoms with Gasteiger partial charge in [-0.3, -0.25) is 9.88 Å². The molecular weight excluding hydrogens is 402 g/mol. The molecule has 1 saturated carbocycles. The normalized spacial score (nSPS) is 22.3. The van der Waals surface area contributed by atoms with Gasteiger partial charge in [-0.1, -0.05) is 12.1 Å². The highest BCUT2D eigenvalue weighted by Gasteiger charge is 2.43. The van der Waals surface area contributed by atoms with Crippen molar-refractivity contribution in [2.24, 2.45) is 11.8 Å². The van der Waals surface area contributed by atoms with Crippen LogP contribution in [0.1, 0.15) is 24.0 Å². The van der Waals surface area contributed by atoms with E-state index in [4.69, 9.17) is 4.74 Å². The fraction of sp³-hybridized carbons (Fsp3) is 0.400. The van der Waals surface area contributed by atoms with Gasteiger partial charge in [0.1, 0.15) is 11.5 Å². The van der Waals surface area contributed by atoms with Crippen molar-refractivity contribution in [1.29, 1.82) is 0 Å². The zero-order valence-corrected chi connectivity index (χ0v) is 18.6. The number of fused-ring (bicyclic) bond motifs is 1. The van der Waals surface area contributed by atoms with Crippen molar-refractivity contribution in [2.75, 3.05) is 20.1 Å². The average molecular weight is 432 g/mol. The fourth-order valence-corrected chi connectivity index (χ4v) is 5.11. The minimum atomic E-state index is 0.00263. The van der Waals surface area contributed by atoms with E-state index < -0.39 is 0 Å². The molecule has 2 fully saturated rings. The molecule has 32 heavy (non-hydrogen) atoms. The number of rotatable bonds is 5. The van der Waals surface area contributed by atoms with Gasteiger partial charge in [0.2, 0.25) is 0 Å². The van der Waals surface area contributed by atoms with Crippen LogP contribution < -0.4 is 4.74 Å². The quantitative estimate of drug-likeness (QED) is 0.606. The first kappa shape index (κ1) is 20.7. The van der Waals surface area contributed by atoms with Crippen molar-refractivity contribution in [3.05, 3.63) is 72.3 Å². The van der Waals surface area contributed by atoms with Crippen LogP contribution in [0.25, 0.3) is 0 Å². The molecule has 1 saturated heterocycles. The lowest BCUT2D eigenvalue weighted by atomic mass is 10.0. The minimum Gasteiger partial charge on any atom is -0.456 e. The Labute approximate surface area is 188 Å². The Bertz CT molecular complexity index is 1070. The number of aryl methyl sites for hydroxylation is 1. The zero-order chi connectivity index (χ0) is 22.1. The van der Waals surface area contributed by atoms with Crippen molar-refractivity contribution in [3.63, 3.8) is 0 Å². The highest BCUT2D eigenvalue weighted by molar-refractivity contribution is 5.76. The van der Waals surface area contributed by atoms with Gasteiger partial charge in [-0.25, -0.2) is 4.79 Å². The molecule has 7 heteroatoms. The van der Waals surface area contributed by atoms with E-state index in [9.17, 15) is 4.79 Å². The van der Waals surface area contributed by atoms with E-state index in [1.165, 1.54) is 10.2 Å². The Kier molecular flexibility index (Phi) is 5.66. The van der Waals surface area contributed by atoms with E-state index in [0.717, 1.165) is 49.5 Å². The first-order valence-corrected chi connectivity index (χ1v) is 11.2. The molecular formula is C25H29N5O2. The fourth-order valence-electron chi connectivity index (χ4n) is 5.11. The van der Waals surface area contributed by atoms with Crippen LogP contribution in [0.3, 0.4) is 0 Å². The van der Waals surface area contributed by atoms with Crippen LogP contribution >= 0.6 is 0 Å². The molecule has 0 spiro atoms. The minimum absolute atomic E-state index is 0.00263. The van der Waals surface area contributed by atoms with E-state index >= 15 is 0 Å². The van der Waals surface area contributed by atoms with Crippen LogP contribution in [0.15, 0.2) is 61.2 Å². The monoisotopic (exact) mass is 431 g/mol. The summed E-state index contributed by atoms with van der Waals surface area (Å²) in [5.41, 5.74) is 2.24. The van der Waals surface area contributed by atoms with Crippen LogP contribution in [-0.4, -0.2) is 56.8 Å². The Hall–Kier alpha value is -3.19. The summed E-state index contributed by atoms with van der Waals surface area (Å²) in [6.07, 6.45) is 9.26. The van der Waals surface area contributed by atoms with Crippen molar-refractivity contribution >= 4 is 6.03 Å². The van der Waals surface area contributed by atoms with Gasteiger partial charge < -0.3 is 9.64 Å². The van der Waals surface area contributed by atoms with Gasteiger partial charge in [0.05, 0.1) is 12.4 Å². The number of benzene rings is 1. The maximum Gasteiger partial charge on any atom is 0.344 e. The van der Waals surface area contributed by atoms with E-state index in [1.807, 2.05) is 36.1 Å². The largest absolute Gasteiger partial charge is 0.456 e. The summed E-state index contributed by atoms with van der Waals surface area (Å²) >= 11 is 0. The van der Waals surface area contributed by atoms with Crippen LogP contribution in [0.2, 0.25) is 0 Å². The van der Waals surface area contributed by atoms with Gasteiger partial charge in [-0.15, -0.1) is 0 Å². The molecule has 3 atom stereocenters. The van der Waals surface area contributed by atoms with Crippen molar-refractivity contribution in [3.8, 4) is 11.5 Å². The molecule has 0 radical (unpaired) electrons. The van der Waals surface area contributed by atoms with Gasteiger partial charge in [-0.2, -0.15) is 9.78 Å². The molecule has 1 aliphatic carbocycles. The predicted molar refractivity (Wildman–Crippen MR) is 122 cm³/mol. The summed E-state index contributed by atoms with van der Waals surface area (Å²) in [7, 11) is 2.20. The molecule has 1 aliphatic heterocycles. The molecule has 2 aliphatic rings. The van der Waals surface area contributed by atoms with Gasteiger partial charge in [0.15, 0.2) is 0 Å². The first-order valence-electron chi connectivity index (χ1n) is 11.2. The third-order valence-electron chi connectivity index (χ3n) is 6.73. The van der Waals surface area contributed by atoms with Gasteiger partial charge in [0, 0.05) is 38.1 Å². The molecule has 3 aromatic rings. The smallest absolute Gasteiger partial charge is 0.344 e. The first-order chi connectivity index (χ1) is 15.5. The second-order valence-electron chi connectivity index (χ2n) is 9.15. The van der Waals surface area contributed by atoms with Crippen LogP contribution in [0.5, 0.6) is 11.5 Å². The van der Waals surface area contributed by atoms with Crippen molar-refractivity contribution in [1.82, 2.24) is 24.6 Å². The SMILES string of the molecule is Cc1cnn(C(=O)N2C[C@H]3CC(N(C)Cc4cccc(Oc5cccnc5)c4)C[C@H]3C2)c1. The molecule has 1 aromatic carbocycles. The van der Waals surface area contributed by atoms with E-state index in [1.54, 1.807) is 24.8 Å². The Balaban J connectivity index is 1.16. The Morgan fingerprint density at radius 2 is 1.91 bits per heavy atom. The summed E-state index contributed by atoms with van der Waals surface area (Å²) in [5, 5.41) is 4.18. The topological polar surface area (TPSA) is 63.5 Å². The number of carbonyl (C=O) groups is 1. The van der Waals surface area contributed by atoms with Gasteiger partial charge >= 0.3 is 6.03 Å². The summed E-state index contributed by atoms with van der Waals surface area (Å²) in [6, 6.07) is 12.6. The molecule has 0 bridgehead atoms. The van der Waals surface area contributed by atoms with Crippen molar-refractivity contribution < 1.29 is 9.53 Å². The maximum atomic E-state index is 12.7. The maximum absolute atomic E-state index is 12.7. The number of aromatic nitrogens is 3. The highest BCUT2D eigenvalue weighted by Crippen LogP contribution is 2.40. The number of hydrogen-bond acceptors (Lipinski definition) is 5. The third-order valence-corrected chi connectivity index (χ3v) is 6.73. The lowest BCUT2D eigenvalue weighted by Crippen LogP contribution is -2.36. The third kappa shape index (κ3) is 4.39. The standard InChI is InChI=1S/C25H29N5O2/c1-18-12-27-30(14-18)25(31)29-16-20-10-22(11-21(20)17-29)28(2)15-19-5-3-6-23(9-19)32-24-7-4-8-26-13-24/h3-9,12-14,20-22H,10-11,15-17H2,1-2H3/t20-,21+,22?. The number of ether oxygens (including phenoxy) is 1. The molecule has 5 rings (SSSR count). The Morgan fingerprint density at radius 3 is 2.59 bits per heavy atom.